The number of methoxy groups -OCH3 is 2. The first kappa shape index (κ1) is 58.8. The zero-order valence-electron chi connectivity index (χ0n) is 44.3. The van der Waals surface area contributed by atoms with E-state index >= 15 is 0 Å². The molecule has 0 aromatic heterocycles. The van der Waals surface area contributed by atoms with Crippen LogP contribution in [0.15, 0.2) is 77.9 Å². The molecule has 0 radical (unpaired) electrons. The third-order valence-electron chi connectivity index (χ3n) is 15.9. The maximum absolute atomic E-state index is 14.6. The lowest BCUT2D eigenvalue weighted by Gasteiger charge is -2.44. The number of cyclic esters (lactones) is 1. The maximum atomic E-state index is 14.6. The Hall–Kier alpha value is -4.06. The Labute approximate surface area is 428 Å². The van der Waals surface area contributed by atoms with Gasteiger partial charge in [-0.3, -0.25) is 14.4 Å². The number of hydrogen-bond donors (Lipinski definition) is 5. The Morgan fingerprint density at radius 2 is 1.61 bits per heavy atom. The summed E-state index contributed by atoms with van der Waals surface area (Å²) in [6.07, 6.45) is 13.5. The molecule has 2 saturated heterocycles. The third-order valence-corrected chi connectivity index (χ3v) is 15.9. The molecule has 1 aromatic rings. The van der Waals surface area contributed by atoms with E-state index in [1.807, 2.05) is 88.4 Å². The molecule has 6 N–H and O–H groups in total. The topological polar surface area (TPSA) is 219 Å². The van der Waals surface area contributed by atoms with Crippen molar-refractivity contribution in [2.75, 3.05) is 38.8 Å². The van der Waals surface area contributed by atoms with Gasteiger partial charge in [0.1, 0.15) is 24.4 Å². The van der Waals surface area contributed by atoms with Gasteiger partial charge in [-0.1, -0.05) is 87.9 Å². The summed E-state index contributed by atoms with van der Waals surface area (Å²) < 4.78 is 24.1. The Kier molecular flexibility index (Phi) is 22.9. The van der Waals surface area contributed by atoms with E-state index in [4.69, 9.17) is 24.7 Å². The lowest BCUT2D eigenvalue weighted by atomic mass is 9.78. The van der Waals surface area contributed by atoms with E-state index in [0.717, 1.165) is 17.7 Å². The number of aliphatic hydroxyl groups excluding tert-OH is 3. The predicted octanol–water partition coefficient (Wildman–Crippen LogP) is 6.55. The van der Waals surface area contributed by atoms with Crippen molar-refractivity contribution in [2.45, 2.75) is 186 Å². The molecular weight excluding hydrogens is 919 g/mol. The molecule has 15 heteroatoms. The summed E-state index contributed by atoms with van der Waals surface area (Å²) in [7, 11) is 3.00. The monoisotopic (exact) mass is 1010 g/mol. The van der Waals surface area contributed by atoms with Gasteiger partial charge >= 0.3 is 5.97 Å². The largest absolute Gasteiger partial charge is 0.461 e. The molecule has 1 amide bonds. The van der Waals surface area contributed by atoms with Gasteiger partial charge in [0.2, 0.25) is 5.79 Å². The van der Waals surface area contributed by atoms with Crippen LogP contribution in [0.5, 0.6) is 0 Å². The SMILES string of the molecule is CO[C@@H]1C[C@H](C[C@@H](C)[C@@H]2CC[C@H](N)/C=C(\C)[C@@H](O)[C@@H](OC)C(=O)[C@H](C)C[C@H](C)/C=C/C=C/C=C(\C)C(N(CCO)c3ccccc3)CC3CCC(C)[C@@](O)(O3)C(=O)C(=O)N3CCCCC3C(=O)O2)CC[C@H]1O. The molecule has 3 aliphatic heterocycles. The summed E-state index contributed by atoms with van der Waals surface area (Å²) in [6, 6.07) is 7.65. The average Bonchev–Trinajstić information content (AvgIpc) is 3.37. The number of rotatable bonds is 9. The quantitative estimate of drug-likeness (QED) is 0.101. The number of ether oxygens (including phenoxy) is 4. The average molecular weight is 1010 g/mol. The number of allylic oxidation sites excluding steroid dienone is 5. The molecule has 15 nitrogen and oxygen atoms in total. The molecule has 4 unspecified atom stereocenters. The van der Waals surface area contributed by atoms with E-state index in [1.54, 1.807) is 27.0 Å². The van der Waals surface area contributed by atoms with Gasteiger partial charge in [-0.25, -0.2) is 4.79 Å². The Balaban J connectivity index is 1.51. The van der Waals surface area contributed by atoms with Crippen molar-refractivity contribution in [3.63, 3.8) is 0 Å². The van der Waals surface area contributed by atoms with Gasteiger partial charge < -0.3 is 54.9 Å². The number of ketones is 2. The number of esters is 1. The number of aliphatic hydroxyl groups is 4. The van der Waals surface area contributed by atoms with Gasteiger partial charge in [0.05, 0.1) is 31.0 Å². The standard InChI is InChI=1S/C57H87N3O12/c1-36-17-11-9-12-18-37(2)47(59(29-30-61)44-19-13-10-14-20-44)35-45-25-22-41(6)57(68,72-45)54(65)55(66)60-28-16-15-21-46(60)56(67)71-49(38(3)32-42-23-26-48(62)50(34-42)69-7)27-24-43(58)33-40(5)52(64)53(70-8)51(63)39(4)31-36/h9-14,17-20,33,36,38-39,41-43,45-50,52-53,61-62,64,68H,15-16,21-32,34-35,58H2,1-8H3/b12-9+,17-11+,37-18+,40-33+/t36-,38-,39-,41?,42+,43+,45?,46?,47?,48-,49+,50-,52-,53+,57-/m1/s1. The fourth-order valence-electron chi connectivity index (χ4n) is 11.4. The van der Waals surface area contributed by atoms with Crippen LogP contribution >= 0.6 is 0 Å². The third kappa shape index (κ3) is 15.5. The van der Waals surface area contributed by atoms with Crippen LogP contribution in [0.2, 0.25) is 0 Å². The Bertz CT molecular complexity index is 2040. The van der Waals surface area contributed by atoms with Crippen LogP contribution < -0.4 is 10.6 Å². The second kappa shape index (κ2) is 28.0. The number of Topliss-reactive ketones (excluding diaryl/α,β-unsaturated/α-hetero) is 2. The first-order chi connectivity index (χ1) is 34.3. The van der Waals surface area contributed by atoms with Crippen LogP contribution in [-0.2, 0) is 38.1 Å². The summed E-state index contributed by atoms with van der Waals surface area (Å²) in [6.45, 7) is 11.5. The van der Waals surface area contributed by atoms with Crippen LogP contribution in [0.3, 0.4) is 0 Å². The number of piperidine rings is 1. The van der Waals surface area contributed by atoms with Crippen molar-refractivity contribution < 1.29 is 58.6 Å². The molecule has 72 heavy (non-hydrogen) atoms. The lowest BCUT2D eigenvalue weighted by molar-refractivity contribution is -0.263. The molecule has 15 atom stereocenters. The van der Waals surface area contributed by atoms with Crippen molar-refractivity contribution in [1.82, 2.24) is 4.90 Å². The summed E-state index contributed by atoms with van der Waals surface area (Å²) in [5.41, 5.74) is 8.98. The van der Waals surface area contributed by atoms with E-state index in [2.05, 4.69) is 4.90 Å². The predicted molar refractivity (Wildman–Crippen MR) is 277 cm³/mol. The fraction of sp³-hybridized carbons (Fsp3) is 0.684. The zero-order chi connectivity index (χ0) is 52.7. The summed E-state index contributed by atoms with van der Waals surface area (Å²) in [5.74, 6) is -6.58. The van der Waals surface area contributed by atoms with E-state index in [9.17, 15) is 39.6 Å². The van der Waals surface area contributed by atoms with E-state index < -0.39 is 77.9 Å². The normalized spacial score (nSPS) is 37.5. The molecule has 1 aromatic carbocycles. The van der Waals surface area contributed by atoms with Crippen LogP contribution in [0.4, 0.5) is 5.69 Å². The molecule has 3 fully saturated rings. The number of fused-ring (bicyclic) bond motifs is 3. The Morgan fingerprint density at radius 3 is 2.31 bits per heavy atom. The molecule has 3 heterocycles. The minimum atomic E-state index is -2.46. The van der Waals surface area contributed by atoms with Gasteiger partial charge in [0.15, 0.2) is 5.78 Å². The molecule has 1 saturated carbocycles. The fourth-order valence-corrected chi connectivity index (χ4v) is 11.4. The van der Waals surface area contributed by atoms with Crippen LogP contribution in [0.25, 0.3) is 0 Å². The number of carbonyl (C=O) groups is 4. The number of nitrogens with two attached hydrogens (primary N) is 1. The first-order valence-electron chi connectivity index (χ1n) is 26.6. The van der Waals surface area contributed by atoms with Crippen molar-refractivity contribution >= 4 is 29.1 Å². The highest BCUT2D eigenvalue weighted by Crippen LogP contribution is 2.38. The highest BCUT2D eigenvalue weighted by atomic mass is 16.6. The number of anilines is 1. The molecule has 1 aliphatic carbocycles. The molecule has 4 aliphatic rings. The van der Waals surface area contributed by atoms with Crippen LogP contribution in [-0.4, -0.2) is 143 Å². The molecule has 2 bridgehead atoms. The number of para-hydroxylation sites is 1. The van der Waals surface area contributed by atoms with Crippen LogP contribution in [0, 0.1) is 29.6 Å². The zero-order valence-corrected chi connectivity index (χ0v) is 44.3. The number of amides is 1. The van der Waals surface area contributed by atoms with Gasteiger partial charge in [0.25, 0.3) is 11.7 Å². The van der Waals surface area contributed by atoms with Crippen molar-refractivity contribution in [1.29, 1.82) is 0 Å². The minimum Gasteiger partial charge on any atom is -0.461 e. The van der Waals surface area contributed by atoms with E-state index in [-0.39, 0.29) is 61.8 Å². The van der Waals surface area contributed by atoms with Gasteiger partial charge in [-0.15, -0.1) is 0 Å². The summed E-state index contributed by atoms with van der Waals surface area (Å²) in [4.78, 5) is 60.8. The number of hydrogen-bond acceptors (Lipinski definition) is 14. The summed E-state index contributed by atoms with van der Waals surface area (Å²) >= 11 is 0. The molecule has 5 rings (SSSR count). The molecular formula is C57H87N3O12. The lowest BCUT2D eigenvalue weighted by Crippen LogP contribution is -2.61. The summed E-state index contributed by atoms with van der Waals surface area (Å²) in [5, 5.41) is 44.7. The number of nitrogens with zero attached hydrogens (tertiary/aromatic N) is 2. The highest BCUT2D eigenvalue weighted by molar-refractivity contribution is 6.39. The molecule has 0 spiro atoms. The number of benzene rings is 1. The second-order valence-electron chi connectivity index (χ2n) is 21.4. The van der Waals surface area contributed by atoms with Crippen LogP contribution in [0.1, 0.15) is 125 Å². The van der Waals surface area contributed by atoms with Crippen molar-refractivity contribution in [3.8, 4) is 0 Å². The van der Waals surface area contributed by atoms with E-state index in [1.165, 1.54) is 12.0 Å². The maximum Gasteiger partial charge on any atom is 0.329 e. The van der Waals surface area contributed by atoms with Gasteiger partial charge in [-0.05, 0) is 133 Å². The molecule has 402 valence electrons. The Morgan fingerprint density at radius 1 is 0.875 bits per heavy atom. The first-order valence-corrected chi connectivity index (χ1v) is 26.6. The number of carbonyl (C=O) groups excluding carboxylic acids is 4. The van der Waals surface area contributed by atoms with E-state index in [0.29, 0.717) is 76.2 Å². The van der Waals surface area contributed by atoms with Crippen molar-refractivity contribution in [3.05, 3.63) is 77.9 Å². The van der Waals surface area contributed by atoms with Gasteiger partial charge in [0, 0.05) is 50.9 Å². The minimum absolute atomic E-state index is 0.00999. The van der Waals surface area contributed by atoms with Gasteiger partial charge in [-0.2, -0.15) is 0 Å². The highest BCUT2D eigenvalue weighted by Gasteiger charge is 2.53. The smallest absolute Gasteiger partial charge is 0.329 e. The second-order valence-corrected chi connectivity index (χ2v) is 21.4. The van der Waals surface area contributed by atoms with Crippen molar-refractivity contribution in [2.24, 2.45) is 35.3 Å².